The fraction of sp³-hybridized carbons (Fsp3) is 0.615. The number of nitrogens with two attached hydrogens (primary N) is 1. The molecule has 2 heterocycles. The van der Waals surface area contributed by atoms with Gasteiger partial charge in [-0.15, -0.1) is 0 Å². The number of hydrogen-bond acceptors (Lipinski definition) is 5. The molecular formula is C13H21N5O. The van der Waals surface area contributed by atoms with Crippen LogP contribution in [-0.2, 0) is 0 Å². The van der Waals surface area contributed by atoms with Crippen molar-refractivity contribution >= 4 is 11.7 Å². The first-order valence-corrected chi connectivity index (χ1v) is 6.47. The smallest absolute Gasteiger partial charge is 0.291 e. The lowest BCUT2D eigenvalue weighted by Gasteiger charge is -2.21. The largest absolute Gasteiger partial charge is 0.355 e. The van der Waals surface area contributed by atoms with Crippen molar-refractivity contribution in [2.45, 2.75) is 26.3 Å². The van der Waals surface area contributed by atoms with Gasteiger partial charge in [0.2, 0.25) is 5.82 Å². The predicted octanol–water partition coefficient (Wildman–Crippen LogP) is 0.333. The quantitative estimate of drug-likeness (QED) is 0.832. The minimum absolute atomic E-state index is 0.173. The third-order valence-electron chi connectivity index (χ3n) is 3.49. The molecule has 6 heteroatoms. The summed E-state index contributed by atoms with van der Waals surface area (Å²) in [6.45, 7) is 5.56. The molecule has 0 unspecified atom stereocenters. The Morgan fingerprint density at radius 2 is 2.05 bits per heavy atom. The van der Waals surface area contributed by atoms with Crippen LogP contribution in [0.3, 0.4) is 0 Å². The zero-order chi connectivity index (χ0) is 14.2. The van der Waals surface area contributed by atoms with E-state index in [0.717, 1.165) is 36.6 Å². The van der Waals surface area contributed by atoms with E-state index in [-0.39, 0.29) is 17.8 Å². The van der Waals surface area contributed by atoms with Gasteiger partial charge in [-0.2, -0.15) is 0 Å². The first-order valence-electron chi connectivity index (χ1n) is 6.47. The number of aryl methyl sites for hydroxylation is 1. The van der Waals surface area contributed by atoms with Gasteiger partial charge in [-0.1, -0.05) is 0 Å². The molecule has 1 atom stereocenters. The Morgan fingerprint density at radius 1 is 1.37 bits per heavy atom. The number of hydrogen-bond donors (Lipinski definition) is 1. The highest BCUT2D eigenvalue weighted by Gasteiger charge is 2.24. The third-order valence-corrected chi connectivity index (χ3v) is 3.49. The number of nitrogens with zero attached hydrogens (tertiary/aromatic N) is 4. The average molecular weight is 263 g/mol. The summed E-state index contributed by atoms with van der Waals surface area (Å²) < 4.78 is 0. The van der Waals surface area contributed by atoms with Crippen LogP contribution >= 0.6 is 0 Å². The molecule has 0 aromatic carbocycles. The van der Waals surface area contributed by atoms with Crippen molar-refractivity contribution in [1.29, 1.82) is 0 Å². The zero-order valence-corrected chi connectivity index (χ0v) is 12.0. The first kappa shape index (κ1) is 13.7. The Bertz CT molecular complexity index is 500. The highest BCUT2D eigenvalue weighted by atomic mass is 16.2. The molecule has 1 aliphatic rings. The highest BCUT2D eigenvalue weighted by Crippen LogP contribution is 2.23. The molecule has 0 spiro atoms. The van der Waals surface area contributed by atoms with Gasteiger partial charge in [0.05, 0.1) is 0 Å². The molecule has 0 saturated carbocycles. The Kier molecular flexibility index (Phi) is 3.71. The second-order valence-corrected chi connectivity index (χ2v) is 5.28. The standard InChI is InChI=1S/C13H21N5O/c1-8-9(2)15-11(13(19)17(3)4)16-12(8)18-6-5-10(14)7-18/h10H,5-7,14H2,1-4H3/t10-/m1/s1. The van der Waals surface area contributed by atoms with Crippen LogP contribution < -0.4 is 10.6 Å². The molecule has 1 aromatic rings. The molecule has 1 fully saturated rings. The van der Waals surface area contributed by atoms with Gasteiger partial charge in [-0.3, -0.25) is 4.79 Å². The van der Waals surface area contributed by atoms with Crippen molar-refractivity contribution < 1.29 is 4.79 Å². The van der Waals surface area contributed by atoms with Crippen LogP contribution in [0.4, 0.5) is 5.82 Å². The number of amides is 1. The van der Waals surface area contributed by atoms with Gasteiger partial charge in [0.1, 0.15) is 5.82 Å². The maximum Gasteiger partial charge on any atom is 0.291 e. The van der Waals surface area contributed by atoms with Crippen LogP contribution in [0.25, 0.3) is 0 Å². The van der Waals surface area contributed by atoms with Crippen LogP contribution in [0.2, 0.25) is 0 Å². The molecule has 2 rings (SSSR count). The van der Waals surface area contributed by atoms with E-state index in [1.54, 1.807) is 14.1 Å². The van der Waals surface area contributed by atoms with E-state index in [9.17, 15) is 4.79 Å². The SMILES string of the molecule is Cc1nc(C(=O)N(C)C)nc(N2CC[C@@H](N)C2)c1C. The summed E-state index contributed by atoms with van der Waals surface area (Å²) in [4.78, 5) is 24.4. The molecule has 0 radical (unpaired) electrons. The zero-order valence-electron chi connectivity index (χ0n) is 12.0. The van der Waals surface area contributed by atoms with Crippen LogP contribution in [0.1, 0.15) is 28.3 Å². The van der Waals surface area contributed by atoms with Crippen molar-refractivity contribution in [3.8, 4) is 0 Å². The molecule has 1 saturated heterocycles. The molecule has 19 heavy (non-hydrogen) atoms. The minimum Gasteiger partial charge on any atom is -0.355 e. The number of anilines is 1. The van der Waals surface area contributed by atoms with E-state index in [1.807, 2.05) is 13.8 Å². The normalized spacial score (nSPS) is 18.8. The van der Waals surface area contributed by atoms with E-state index >= 15 is 0 Å². The maximum absolute atomic E-state index is 12.0. The summed E-state index contributed by atoms with van der Waals surface area (Å²) in [6, 6.07) is 0.183. The van der Waals surface area contributed by atoms with Crippen LogP contribution in [0.5, 0.6) is 0 Å². The summed E-state index contributed by atoms with van der Waals surface area (Å²) in [5.41, 5.74) is 7.80. The lowest BCUT2D eigenvalue weighted by molar-refractivity contribution is 0.0815. The van der Waals surface area contributed by atoms with E-state index in [2.05, 4.69) is 14.9 Å². The Labute approximate surface area is 113 Å². The third kappa shape index (κ3) is 2.68. The predicted molar refractivity (Wildman–Crippen MR) is 74.3 cm³/mol. The van der Waals surface area contributed by atoms with Crippen molar-refractivity contribution in [2.24, 2.45) is 5.73 Å². The second-order valence-electron chi connectivity index (χ2n) is 5.28. The van der Waals surface area contributed by atoms with Gasteiger partial charge in [0, 0.05) is 44.5 Å². The lowest BCUT2D eigenvalue weighted by Crippen LogP contribution is -2.30. The Balaban J connectivity index is 2.40. The van der Waals surface area contributed by atoms with E-state index in [1.165, 1.54) is 4.90 Å². The van der Waals surface area contributed by atoms with Gasteiger partial charge in [-0.25, -0.2) is 9.97 Å². The second kappa shape index (κ2) is 5.13. The number of carbonyl (C=O) groups is 1. The summed E-state index contributed by atoms with van der Waals surface area (Å²) in [5.74, 6) is 0.919. The molecular weight excluding hydrogens is 242 g/mol. The Morgan fingerprint density at radius 3 is 2.58 bits per heavy atom. The fourth-order valence-electron chi connectivity index (χ4n) is 2.20. The molecule has 1 aliphatic heterocycles. The van der Waals surface area contributed by atoms with Crippen LogP contribution in [-0.4, -0.2) is 54.0 Å². The fourth-order valence-corrected chi connectivity index (χ4v) is 2.20. The van der Waals surface area contributed by atoms with Gasteiger partial charge in [-0.05, 0) is 20.3 Å². The highest BCUT2D eigenvalue weighted by molar-refractivity contribution is 5.90. The average Bonchev–Trinajstić information content (AvgIpc) is 2.78. The number of rotatable bonds is 2. The van der Waals surface area contributed by atoms with Crippen molar-refractivity contribution in [1.82, 2.24) is 14.9 Å². The molecule has 0 aliphatic carbocycles. The van der Waals surface area contributed by atoms with E-state index < -0.39 is 0 Å². The summed E-state index contributed by atoms with van der Waals surface area (Å²) in [6.07, 6.45) is 0.958. The van der Waals surface area contributed by atoms with Crippen molar-refractivity contribution in [2.75, 3.05) is 32.1 Å². The summed E-state index contributed by atoms with van der Waals surface area (Å²) in [5, 5.41) is 0. The monoisotopic (exact) mass is 263 g/mol. The van der Waals surface area contributed by atoms with Crippen molar-refractivity contribution in [3.05, 3.63) is 17.1 Å². The molecule has 2 N–H and O–H groups in total. The molecule has 104 valence electrons. The van der Waals surface area contributed by atoms with E-state index in [0.29, 0.717) is 0 Å². The molecule has 1 aromatic heterocycles. The molecule has 6 nitrogen and oxygen atoms in total. The molecule has 1 amide bonds. The number of aromatic nitrogens is 2. The minimum atomic E-state index is -0.173. The van der Waals surface area contributed by atoms with Crippen LogP contribution in [0, 0.1) is 13.8 Å². The summed E-state index contributed by atoms with van der Waals surface area (Å²) >= 11 is 0. The topological polar surface area (TPSA) is 75.4 Å². The van der Waals surface area contributed by atoms with Crippen molar-refractivity contribution in [3.63, 3.8) is 0 Å². The maximum atomic E-state index is 12.0. The molecule has 0 bridgehead atoms. The van der Waals surface area contributed by atoms with Gasteiger partial charge < -0.3 is 15.5 Å². The number of carbonyl (C=O) groups excluding carboxylic acids is 1. The summed E-state index contributed by atoms with van der Waals surface area (Å²) in [7, 11) is 3.40. The van der Waals surface area contributed by atoms with E-state index in [4.69, 9.17) is 5.73 Å². The first-order chi connectivity index (χ1) is 8.90. The van der Waals surface area contributed by atoms with Gasteiger partial charge >= 0.3 is 0 Å². The van der Waals surface area contributed by atoms with Gasteiger partial charge in [0.15, 0.2) is 0 Å². The lowest BCUT2D eigenvalue weighted by atomic mass is 10.2. The van der Waals surface area contributed by atoms with Crippen LogP contribution in [0.15, 0.2) is 0 Å². The Hall–Kier alpha value is -1.69. The van der Waals surface area contributed by atoms with Gasteiger partial charge in [0.25, 0.3) is 5.91 Å².